The lowest BCUT2D eigenvalue weighted by atomic mass is 9.75. The van der Waals surface area contributed by atoms with Gasteiger partial charge in [-0.1, -0.05) is 51.3 Å². The standard InChI is InChI=1S/C16H28N2S/c1-15(2)8-6-7-13(11-15)17-14-18-16(12-19-14)9-4-3-5-10-16/h13H,3-12H2,1-2H3,(H,17,18). The molecule has 0 aromatic carbocycles. The van der Waals surface area contributed by atoms with Crippen LogP contribution in [0.4, 0.5) is 0 Å². The SMILES string of the molecule is CC1(C)CCCC(N=C2NC3(CCCCC3)CS2)C1. The van der Waals surface area contributed by atoms with Crippen LogP contribution in [0.2, 0.25) is 0 Å². The van der Waals surface area contributed by atoms with Gasteiger partial charge in [0, 0.05) is 11.3 Å². The number of thioether (sulfide) groups is 1. The molecule has 1 heterocycles. The van der Waals surface area contributed by atoms with Crippen molar-refractivity contribution < 1.29 is 0 Å². The van der Waals surface area contributed by atoms with Gasteiger partial charge in [-0.3, -0.25) is 4.99 Å². The first-order chi connectivity index (χ1) is 9.07. The molecular formula is C16H28N2S. The number of amidine groups is 1. The van der Waals surface area contributed by atoms with Crippen LogP contribution in [0.25, 0.3) is 0 Å². The molecule has 2 saturated carbocycles. The zero-order chi connectivity index (χ0) is 13.3. The number of nitrogens with zero attached hydrogens (tertiary/aromatic N) is 1. The van der Waals surface area contributed by atoms with Crippen molar-refractivity contribution in [3.8, 4) is 0 Å². The van der Waals surface area contributed by atoms with Gasteiger partial charge in [0.2, 0.25) is 0 Å². The number of nitrogens with one attached hydrogen (secondary N) is 1. The minimum absolute atomic E-state index is 0.409. The van der Waals surface area contributed by atoms with Crippen molar-refractivity contribution in [2.45, 2.75) is 83.2 Å². The third-order valence-corrected chi connectivity index (χ3v) is 6.32. The molecule has 3 fully saturated rings. The van der Waals surface area contributed by atoms with Crippen molar-refractivity contribution in [3.05, 3.63) is 0 Å². The average Bonchev–Trinajstić information content (AvgIpc) is 2.72. The van der Waals surface area contributed by atoms with E-state index in [2.05, 4.69) is 19.2 Å². The molecule has 2 aliphatic carbocycles. The van der Waals surface area contributed by atoms with Crippen molar-refractivity contribution >= 4 is 16.9 Å². The highest BCUT2D eigenvalue weighted by atomic mass is 32.2. The van der Waals surface area contributed by atoms with E-state index in [0.717, 1.165) is 0 Å². The summed E-state index contributed by atoms with van der Waals surface area (Å²) in [6, 6.07) is 0.567. The Bertz CT molecular complexity index is 356. The van der Waals surface area contributed by atoms with Gasteiger partial charge in [-0.05, 0) is 37.5 Å². The molecule has 108 valence electrons. The van der Waals surface area contributed by atoms with Gasteiger partial charge in [-0.2, -0.15) is 0 Å². The number of hydrogen-bond donors (Lipinski definition) is 1. The molecule has 1 saturated heterocycles. The first-order valence-electron chi connectivity index (χ1n) is 8.06. The van der Waals surface area contributed by atoms with E-state index in [0.29, 0.717) is 17.0 Å². The zero-order valence-electron chi connectivity index (χ0n) is 12.5. The van der Waals surface area contributed by atoms with Gasteiger partial charge >= 0.3 is 0 Å². The lowest BCUT2D eigenvalue weighted by Crippen LogP contribution is -2.45. The second-order valence-corrected chi connectivity index (χ2v) is 8.57. The molecule has 3 rings (SSSR count). The van der Waals surface area contributed by atoms with Crippen LogP contribution in [0, 0.1) is 5.41 Å². The van der Waals surface area contributed by atoms with Gasteiger partial charge in [-0.25, -0.2) is 0 Å². The zero-order valence-corrected chi connectivity index (χ0v) is 13.3. The Hall–Kier alpha value is -0.180. The van der Waals surface area contributed by atoms with E-state index in [1.54, 1.807) is 0 Å². The summed E-state index contributed by atoms with van der Waals surface area (Å²) in [5.74, 6) is 1.25. The minimum atomic E-state index is 0.409. The maximum Gasteiger partial charge on any atom is 0.157 e. The van der Waals surface area contributed by atoms with Crippen LogP contribution in [0.3, 0.4) is 0 Å². The smallest absolute Gasteiger partial charge is 0.157 e. The van der Waals surface area contributed by atoms with Gasteiger partial charge < -0.3 is 5.32 Å². The number of rotatable bonds is 1. The van der Waals surface area contributed by atoms with Crippen LogP contribution in [-0.4, -0.2) is 22.5 Å². The Balaban J connectivity index is 1.62. The average molecular weight is 280 g/mol. The summed E-state index contributed by atoms with van der Waals surface area (Å²) in [5, 5.41) is 5.05. The molecule has 1 atom stereocenters. The summed E-state index contributed by atoms with van der Waals surface area (Å²) in [5.41, 5.74) is 0.907. The van der Waals surface area contributed by atoms with Crippen LogP contribution >= 0.6 is 11.8 Å². The van der Waals surface area contributed by atoms with Crippen LogP contribution in [0.5, 0.6) is 0 Å². The van der Waals surface area contributed by atoms with Gasteiger partial charge in [0.1, 0.15) is 0 Å². The molecule has 0 aromatic heterocycles. The van der Waals surface area contributed by atoms with Crippen LogP contribution in [-0.2, 0) is 0 Å². The quantitative estimate of drug-likeness (QED) is 0.772. The molecule has 0 amide bonds. The maximum atomic E-state index is 5.05. The molecule has 2 nitrogen and oxygen atoms in total. The Kier molecular flexibility index (Phi) is 3.85. The predicted molar refractivity (Wildman–Crippen MR) is 84.9 cm³/mol. The lowest BCUT2D eigenvalue weighted by Gasteiger charge is -2.34. The highest BCUT2D eigenvalue weighted by Gasteiger charge is 2.38. The Labute approximate surface area is 122 Å². The molecule has 1 unspecified atom stereocenters. The normalized spacial score (nSPS) is 35.5. The van der Waals surface area contributed by atoms with Crippen molar-refractivity contribution in [1.29, 1.82) is 0 Å². The maximum absolute atomic E-state index is 5.05. The van der Waals surface area contributed by atoms with E-state index in [1.807, 2.05) is 11.8 Å². The summed E-state index contributed by atoms with van der Waals surface area (Å²) < 4.78 is 0. The molecule has 19 heavy (non-hydrogen) atoms. The van der Waals surface area contributed by atoms with Crippen molar-refractivity contribution in [2.75, 3.05) is 5.75 Å². The van der Waals surface area contributed by atoms with Crippen LogP contribution in [0.1, 0.15) is 71.6 Å². The molecule has 1 N–H and O–H groups in total. The topological polar surface area (TPSA) is 24.4 Å². The number of aliphatic imine (C=N–C) groups is 1. The summed E-state index contributed by atoms with van der Waals surface area (Å²) >= 11 is 1.98. The molecule has 1 spiro atoms. The third kappa shape index (κ3) is 3.29. The highest BCUT2D eigenvalue weighted by Crippen LogP contribution is 2.39. The second kappa shape index (κ2) is 5.31. The Morgan fingerprint density at radius 3 is 2.63 bits per heavy atom. The van der Waals surface area contributed by atoms with E-state index in [4.69, 9.17) is 4.99 Å². The van der Waals surface area contributed by atoms with Gasteiger partial charge in [-0.15, -0.1) is 0 Å². The van der Waals surface area contributed by atoms with E-state index in [1.165, 1.54) is 68.7 Å². The first kappa shape index (κ1) is 13.8. The van der Waals surface area contributed by atoms with Gasteiger partial charge in [0.05, 0.1) is 6.04 Å². The van der Waals surface area contributed by atoms with Crippen molar-refractivity contribution in [2.24, 2.45) is 10.4 Å². The van der Waals surface area contributed by atoms with Crippen molar-refractivity contribution in [1.82, 2.24) is 5.32 Å². The summed E-state index contributed by atoms with van der Waals surface area (Å²) in [7, 11) is 0. The van der Waals surface area contributed by atoms with Crippen molar-refractivity contribution in [3.63, 3.8) is 0 Å². The van der Waals surface area contributed by atoms with E-state index in [9.17, 15) is 0 Å². The Morgan fingerprint density at radius 1 is 1.11 bits per heavy atom. The number of hydrogen-bond acceptors (Lipinski definition) is 2. The van der Waals surface area contributed by atoms with E-state index in [-0.39, 0.29) is 0 Å². The fraction of sp³-hybridized carbons (Fsp3) is 0.938. The van der Waals surface area contributed by atoms with Gasteiger partial charge in [0.15, 0.2) is 5.17 Å². The minimum Gasteiger partial charge on any atom is -0.359 e. The largest absolute Gasteiger partial charge is 0.359 e. The summed E-state index contributed by atoms with van der Waals surface area (Å²) in [6.45, 7) is 4.80. The second-order valence-electron chi connectivity index (χ2n) is 7.60. The lowest BCUT2D eigenvalue weighted by molar-refractivity contribution is 0.221. The monoisotopic (exact) mass is 280 g/mol. The molecule has 0 radical (unpaired) electrons. The molecule has 3 heteroatoms. The molecular weight excluding hydrogens is 252 g/mol. The molecule has 3 aliphatic rings. The summed E-state index contributed by atoms with van der Waals surface area (Å²) in [4.78, 5) is 5.05. The van der Waals surface area contributed by atoms with Crippen LogP contribution in [0.15, 0.2) is 4.99 Å². The highest BCUT2D eigenvalue weighted by molar-refractivity contribution is 8.14. The van der Waals surface area contributed by atoms with Crippen LogP contribution < -0.4 is 5.32 Å². The predicted octanol–water partition coefficient (Wildman–Crippen LogP) is 4.35. The van der Waals surface area contributed by atoms with E-state index < -0.39 is 0 Å². The van der Waals surface area contributed by atoms with E-state index >= 15 is 0 Å². The fourth-order valence-electron chi connectivity index (χ4n) is 4.01. The molecule has 1 aliphatic heterocycles. The Morgan fingerprint density at radius 2 is 1.89 bits per heavy atom. The molecule has 0 bridgehead atoms. The van der Waals surface area contributed by atoms with Gasteiger partial charge in [0.25, 0.3) is 0 Å². The third-order valence-electron chi connectivity index (χ3n) is 5.15. The fourth-order valence-corrected chi connectivity index (χ4v) is 5.29. The summed E-state index contributed by atoms with van der Waals surface area (Å²) in [6.07, 6.45) is 12.2. The molecule has 0 aromatic rings. The first-order valence-corrected chi connectivity index (χ1v) is 9.04.